The first-order chi connectivity index (χ1) is 13.0. The number of nitrogens with zero attached hydrogens (tertiary/aromatic N) is 1. The normalized spacial score (nSPS) is 12.6. The minimum absolute atomic E-state index is 0.366. The molecule has 0 saturated carbocycles. The van der Waals surface area contributed by atoms with E-state index in [1.165, 1.54) is 5.48 Å². The van der Waals surface area contributed by atoms with E-state index in [0.717, 1.165) is 11.1 Å². The molecule has 1 heterocycles. The van der Waals surface area contributed by atoms with Crippen molar-refractivity contribution in [3.05, 3.63) is 71.6 Å². The lowest BCUT2D eigenvalue weighted by molar-refractivity contribution is -0.131. The van der Waals surface area contributed by atoms with Crippen LogP contribution in [-0.4, -0.2) is 34.1 Å². The number of rotatable bonds is 5. The molecule has 7 nitrogen and oxygen atoms in total. The second-order valence-corrected chi connectivity index (χ2v) is 5.75. The number of allylic oxidation sites excluding steroid dienone is 1. The van der Waals surface area contributed by atoms with E-state index in [9.17, 15) is 9.59 Å². The van der Waals surface area contributed by atoms with Crippen molar-refractivity contribution in [1.29, 1.82) is 0 Å². The Bertz CT molecular complexity index is 866. The molecular formula is C20H20N4O3. The predicted molar refractivity (Wildman–Crippen MR) is 101 cm³/mol. The Morgan fingerprint density at radius 1 is 1.26 bits per heavy atom. The van der Waals surface area contributed by atoms with Gasteiger partial charge < -0.3 is 11.1 Å². The lowest BCUT2D eigenvalue weighted by Crippen LogP contribution is -2.54. The first-order valence-electron chi connectivity index (χ1n) is 8.20. The second-order valence-electron chi connectivity index (χ2n) is 5.75. The van der Waals surface area contributed by atoms with E-state index in [1.807, 2.05) is 18.2 Å². The van der Waals surface area contributed by atoms with E-state index < -0.39 is 23.9 Å². The molecule has 1 aromatic heterocycles. The third-order valence-corrected chi connectivity index (χ3v) is 3.62. The summed E-state index contributed by atoms with van der Waals surface area (Å²) in [7, 11) is 0. The van der Waals surface area contributed by atoms with Gasteiger partial charge in [0.1, 0.15) is 6.04 Å². The van der Waals surface area contributed by atoms with Gasteiger partial charge in [0.25, 0.3) is 11.8 Å². The highest BCUT2D eigenvalue weighted by Crippen LogP contribution is 2.07. The van der Waals surface area contributed by atoms with E-state index in [4.69, 9.17) is 10.9 Å². The molecule has 0 aliphatic heterocycles. The van der Waals surface area contributed by atoms with Gasteiger partial charge in [-0.15, -0.1) is 0 Å². The van der Waals surface area contributed by atoms with E-state index >= 15 is 0 Å². The van der Waals surface area contributed by atoms with Gasteiger partial charge in [-0.2, -0.15) is 0 Å². The molecule has 7 heteroatoms. The molecule has 2 aromatic rings. The summed E-state index contributed by atoms with van der Waals surface area (Å²) in [6.45, 7) is 1.56. The van der Waals surface area contributed by atoms with Crippen molar-refractivity contribution in [3.63, 3.8) is 0 Å². The minimum atomic E-state index is -1.04. The third kappa shape index (κ3) is 6.08. The smallest absolute Gasteiger partial charge is 0.267 e. The second kappa shape index (κ2) is 9.87. The van der Waals surface area contributed by atoms with Crippen molar-refractivity contribution in [2.75, 3.05) is 0 Å². The van der Waals surface area contributed by atoms with E-state index in [0.29, 0.717) is 5.56 Å². The third-order valence-electron chi connectivity index (χ3n) is 3.62. The number of hydrogen-bond donors (Lipinski definition) is 4. The average molecular weight is 364 g/mol. The van der Waals surface area contributed by atoms with Crippen molar-refractivity contribution < 1.29 is 14.8 Å². The number of nitrogens with two attached hydrogens (primary N) is 1. The average Bonchev–Trinajstić information content (AvgIpc) is 2.69. The van der Waals surface area contributed by atoms with Crippen LogP contribution in [0.4, 0.5) is 0 Å². The molecule has 0 saturated heterocycles. The first kappa shape index (κ1) is 19.8. The molecule has 1 aromatic carbocycles. The number of nitrogens with one attached hydrogen (secondary N) is 2. The largest absolute Gasteiger partial charge is 0.339 e. The molecule has 0 radical (unpaired) electrons. The maximum Gasteiger partial charge on any atom is 0.267 e. The zero-order chi connectivity index (χ0) is 19.6. The number of carbonyl (C=O) groups is 2. The van der Waals surface area contributed by atoms with Crippen LogP contribution < -0.4 is 16.5 Å². The Morgan fingerprint density at radius 3 is 2.59 bits per heavy atom. The van der Waals surface area contributed by atoms with Gasteiger partial charge in [0, 0.05) is 29.6 Å². The number of benzene rings is 1. The van der Waals surface area contributed by atoms with Crippen molar-refractivity contribution in [3.8, 4) is 11.8 Å². The van der Waals surface area contributed by atoms with Crippen molar-refractivity contribution >= 4 is 17.9 Å². The first-order valence-corrected chi connectivity index (χ1v) is 8.20. The van der Waals surface area contributed by atoms with Crippen molar-refractivity contribution in [2.24, 2.45) is 5.73 Å². The van der Waals surface area contributed by atoms with E-state index in [-0.39, 0.29) is 0 Å². The fraction of sp³-hybridized carbons (Fsp3) is 0.150. The topological polar surface area (TPSA) is 117 Å². The lowest BCUT2D eigenvalue weighted by Gasteiger charge is -2.20. The van der Waals surface area contributed by atoms with E-state index in [1.54, 1.807) is 49.7 Å². The van der Waals surface area contributed by atoms with Gasteiger partial charge in [0.15, 0.2) is 0 Å². The van der Waals surface area contributed by atoms with Crippen LogP contribution in [0.3, 0.4) is 0 Å². The molecular weight excluding hydrogens is 344 g/mol. The van der Waals surface area contributed by atoms with Crippen molar-refractivity contribution in [2.45, 2.75) is 19.0 Å². The molecule has 2 rings (SSSR count). The van der Waals surface area contributed by atoms with Gasteiger partial charge in [-0.1, -0.05) is 24.0 Å². The Morgan fingerprint density at radius 2 is 2.00 bits per heavy atom. The molecule has 0 unspecified atom stereocenters. The summed E-state index contributed by atoms with van der Waals surface area (Å²) in [4.78, 5) is 27.8. The highest BCUT2D eigenvalue weighted by Gasteiger charge is 2.24. The van der Waals surface area contributed by atoms with Gasteiger partial charge in [0.2, 0.25) is 0 Å². The van der Waals surface area contributed by atoms with Gasteiger partial charge in [-0.25, -0.2) is 5.48 Å². The van der Waals surface area contributed by atoms with Crippen molar-refractivity contribution in [1.82, 2.24) is 15.8 Å². The van der Waals surface area contributed by atoms with Gasteiger partial charge in [-0.05, 0) is 48.9 Å². The number of carbonyl (C=O) groups excluding carboxylic acids is 2. The quantitative estimate of drug-likeness (QED) is 0.360. The molecule has 138 valence electrons. The zero-order valence-corrected chi connectivity index (χ0v) is 14.7. The molecule has 5 N–H and O–H groups in total. The van der Waals surface area contributed by atoms with Crippen LogP contribution >= 0.6 is 0 Å². The Balaban J connectivity index is 2.00. The Hall–Kier alpha value is -3.47. The summed E-state index contributed by atoms with van der Waals surface area (Å²) in [5.74, 6) is 4.63. The molecule has 0 fully saturated rings. The fourth-order valence-corrected chi connectivity index (χ4v) is 2.18. The molecule has 2 atom stereocenters. The SMILES string of the molecule is C[C@@H](N)[C@H](NC(=O)c1ccc(C=CC#Cc2cccnc2)cc1)C(=O)NO. The van der Waals surface area contributed by atoms with Crippen LogP contribution in [0.1, 0.15) is 28.4 Å². The number of amides is 2. The number of pyridine rings is 1. The van der Waals surface area contributed by atoms with Crippen LogP contribution in [0.15, 0.2) is 54.9 Å². The summed E-state index contributed by atoms with van der Waals surface area (Å²) in [6, 6.07) is 8.74. The van der Waals surface area contributed by atoms with Crippen LogP contribution in [0, 0.1) is 11.8 Å². The minimum Gasteiger partial charge on any atom is -0.339 e. The molecule has 0 aliphatic rings. The molecule has 27 heavy (non-hydrogen) atoms. The van der Waals surface area contributed by atoms with E-state index in [2.05, 4.69) is 22.1 Å². The maximum absolute atomic E-state index is 12.2. The lowest BCUT2D eigenvalue weighted by atomic mass is 10.1. The Kier molecular flexibility index (Phi) is 7.26. The monoisotopic (exact) mass is 364 g/mol. The van der Waals surface area contributed by atoms with Crippen LogP contribution in [0.2, 0.25) is 0 Å². The Labute approximate surface area is 157 Å². The summed E-state index contributed by atoms with van der Waals surface area (Å²) in [5.41, 5.74) is 9.21. The number of aromatic nitrogens is 1. The maximum atomic E-state index is 12.2. The number of hydroxylamine groups is 1. The van der Waals surface area contributed by atoms with Crippen LogP contribution in [0.25, 0.3) is 6.08 Å². The van der Waals surface area contributed by atoms with Gasteiger partial charge in [0.05, 0.1) is 0 Å². The highest BCUT2D eigenvalue weighted by atomic mass is 16.5. The molecule has 0 aliphatic carbocycles. The van der Waals surface area contributed by atoms with Crippen LogP contribution in [0.5, 0.6) is 0 Å². The van der Waals surface area contributed by atoms with Gasteiger partial charge >= 0.3 is 0 Å². The number of hydrogen-bond acceptors (Lipinski definition) is 5. The summed E-state index contributed by atoms with van der Waals surface area (Å²) >= 11 is 0. The highest BCUT2D eigenvalue weighted by molar-refractivity contribution is 5.97. The predicted octanol–water partition coefficient (Wildman–Crippen LogP) is 1.10. The molecule has 0 spiro atoms. The van der Waals surface area contributed by atoms with Crippen LogP contribution in [-0.2, 0) is 4.79 Å². The summed E-state index contributed by atoms with van der Waals surface area (Å²) in [6.07, 6.45) is 6.89. The fourth-order valence-electron chi connectivity index (χ4n) is 2.18. The molecule has 0 bridgehead atoms. The summed E-state index contributed by atoms with van der Waals surface area (Å²) in [5, 5.41) is 11.2. The summed E-state index contributed by atoms with van der Waals surface area (Å²) < 4.78 is 0. The molecule has 2 amide bonds. The van der Waals surface area contributed by atoms with Gasteiger partial charge in [-0.3, -0.25) is 19.8 Å². The zero-order valence-electron chi connectivity index (χ0n) is 14.7. The standard InChI is InChI=1S/C20H20N4O3/c1-14(21)18(20(26)24-27)23-19(25)17-10-8-15(9-11-17)5-2-3-6-16-7-4-12-22-13-16/h2,4-5,7-14,18,27H,21H2,1H3,(H,23,25)(H,24,26)/t14-,18+/m1/s1.